The summed E-state index contributed by atoms with van der Waals surface area (Å²) in [5.74, 6) is 0.528. The summed E-state index contributed by atoms with van der Waals surface area (Å²) in [7, 11) is 0. The second-order valence-corrected chi connectivity index (χ2v) is 6.70. The van der Waals surface area contributed by atoms with Gasteiger partial charge < -0.3 is 20.1 Å². The lowest BCUT2D eigenvalue weighted by Gasteiger charge is -2.28. The van der Waals surface area contributed by atoms with E-state index in [4.69, 9.17) is 0 Å². The van der Waals surface area contributed by atoms with Crippen LogP contribution in [0.4, 0.5) is 5.95 Å². The van der Waals surface area contributed by atoms with Crippen LogP contribution in [0.2, 0.25) is 0 Å². The van der Waals surface area contributed by atoms with Crippen molar-refractivity contribution in [1.29, 1.82) is 0 Å². The summed E-state index contributed by atoms with van der Waals surface area (Å²) in [6, 6.07) is 5.77. The molecule has 4 rings (SSSR count). The molecule has 1 saturated carbocycles. The summed E-state index contributed by atoms with van der Waals surface area (Å²) < 4.78 is 1.94. The Morgan fingerprint density at radius 1 is 1.15 bits per heavy atom. The predicted molar refractivity (Wildman–Crippen MR) is 99.7 cm³/mol. The molecule has 7 nitrogen and oxygen atoms in total. The van der Waals surface area contributed by atoms with Crippen LogP contribution in [0.25, 0.3) is 22.3 Å². The van der Waals surface area contributed by atoms with Crippen LogP contribution in [0, 0.1) is 0 Å². The topological polar surface area (TPSA) is 96.1 Å². The van der Waals surface area contributed by atoms with E-state index in [2.05, 4.69) is 20.3 Å². The molecule has 0 amide bonds. The highest BCUT2D eigenvalue weighted by Gasteiger charge is 2.23. The number of anilines is 1. The summed E-state index contributed by atoms with van der Waals surface area (Å²) in [5, 5.41) is 23.7. The first kappa shape index (κ1) is 16.9. The van der Waals surface area contributed by atoms with Crippen molar-refractivity contribution < 1.29 is 10.2 Å². The zero-order chi connectivity index (χ0) is 17.9. The molecule has 136 valence electrons. The number of hydrogen-bond donors (Lipinski definition) is 3. The van der Waals surface area contributed by atoms with Crippen LogP contribution in [0.5, 0.6) is 0 Å². The van der Waals surface area contributed by atoms with Gasteiger partial charge in [-0.15, -0.1) is 0 Å². The van der Waals surface area contributed by atoms with Crippen LogP contribution in [-0.4, -0.2) is 48.5 Å². The maximum Gasteiger partial charge on any atom is 0.223 e. The highest BCUT2D eigenvalue weighted by molar-refractivity contribution is 5.93. The smallest absolute Gasteiger partial charge is 0.223 e. The highest BCUT2D eigenvalue weighted by Crippen LogP contribution is 2.29. The van der Waals surface area contributed by atoms with Crippen molar-refractivity contribution in [2.24, 2.45) is 0 Å². The lowest BCUT2D eigenvalue weighted by molar-refractivity contribution is 0.116. The molecular weight excluding hydrogens is 330 g/mol. The Labute approximate surface area is 151 Å². The van der Waals surface area contributed by atoms with E-state index in [0.29, 0.717) is 12.5 Å². The predicted octanol–water partition coefficient (Wildman–Crippen LogP) is 2.20. The first-order chi connectivity index (χ1) is 12.8. The minimum atomic E-state index is -0.355. The summed E-state index contributed by atoms with van der Waals surface area (Å²) in [4.78, 5) is 13.4. The lowest BCUT2D eigenvalue weighted by atomic mass is 9.93. The highest BCUT2D eigenvalue weighted by atomic mass is 16.3. The van der Waals surface area contributed by atoms with Gasteiger partial charge in [0.25, 0.3) is 0 Å². The molecule has 7 heteroatoms. The van der Waals surface area contributed by atoms with Crippen molar-refractivity contribution in [3.63, 3.8) is 0 Å². The normalized spacial score (nSPS) is 20.4. The molecule has 0 unspecified atom stereocenters. The summed E-state index contributed by atoms with van der Waals surface area (Å²) >= 11 is 0. The second-order valence-electron chi connectivity index (χ2n) is 6.70. The average molecular weight is 353 g/mol. The summed E-state index contributed by atoms with van der Waals surface area (Å²) in [6.45, 7) is 0.536. The fourth-order valence-electron chi connectivity index (χ4n) is 3.63. The summed E-state index contributed by atoms with van der Waals surface area (Å²) in [5.41, 5.74) is 2.58. The molecule has 3 heterocycles. The molecule has 0 aliphatic heterocycles. The van der Waals surface area contributed by atoms with E-state index < -0.39 is 0 Å². The van der Waals surface area contributed by atoms with Gasteiger partial charge in [0.15, 0.2) is 0 Å². The Morgan fingerprint density at radius 3 is 2.88 bits per heavy atom. The van der Waals surface area contributed by atoms with Gasteiger partial charge in [0.1, 0.15) is 5.65 Å². The molecule has 3 N–H and O–H groups in total. The molecule has 0 bridgehead atoms. The first-order valence-corrected chi connectivity index (χ1v) is 9.09. The van der Waals surface area contributed by atoms with Gasteiger partial charge in [-0.1, -0.05) is 12.8 Å². The fraction of sp³-hybridized carbons (Fsp3) is 0.421. The van der Waals surface area contributed by atoms with Gasteiger partial charge in [-0.05, 0) is 31.0 Å². The van der Waals surface area contributed by atoms with Crippen LogP contribution >= 0.6 is 0 Å². The molecule has 0 aromatic carbocycles. The van der Waals surface area contributed by atoms with Crippen LogP contribution in [0.3, 0.4) is 0 Å². The third kappa shape index (κ3) is 3.27. The third-order valence-corrected chi connectivity index (χ3v) is 4.95. The van der Waals surface area contributed by atoms with Crippen molar-refractivity contribution >= 4 is 17.0 Å². The number of nitrogens with one attached hydrogen (secondary N) is 1. The number of hydrogen-bond acceptors (Lipinski definition) is 6. The van der Waals surface area contributed by atoms with Crippen molar-refractivity contribution in [1.82, 2.24) is 19.5 Å². The Balaban J connectivity index is 1.67. The zero-order valence-corrected chi connectivity index (χ0v) is 14.5. The van der Waals surface area contributed by atoms with E-state index in [1.807, 2.05) is 29.0 Å². The number of rotatable bonds is 5. The minimum Gasteiger partial charge on any atom is -0.395 e. The first-order valence-electron chi connectivity index (χ1n) is 9.09. The maximum absolute atomic E-state index is 10.2. The molecule has 3 aromatic rings. The average Bonchev–Trinajstić information content (AvgIpc) is 3.03. The maximum atomic E-state index is 10.2. The molecular formula is C19H23N5O2. The van der Waals surface area contributed by atoms with Gasteiger partial charge in [-0.3, -0.25) is 0 Å². The number of aliphatic hydroxyl groups is 2. The molecule has 1 fully saturated rings. The molecule has 1 aliphatic carbocycles. The number of aliphatic hydroxyl groups excluding tert-OH is 2. The largest absolute Gasteiger partial charge is 0.395 e. The molecule has 0 spiro atoms. The number of aromatic nitrogens is 4. The number of nitrogens with zero attached hydrogens (tertiary/aromatic N) is 4. The Kier molecular flexibility index (Phi) is 4.81. The molecule has 0 saturated heterocycles. The van der Waals surface area contributed by atoms with Crippen molar-refractivity contribution in [2.45, 2.75) is 44.4 Å². The van der Waals surface area contributed by atoms with E-state index in [0.717, 1.165) is 48.0 Å². The van der Waals surface area contributed by atoms with Gasteiger partial charge in [-0.25, -0.2) is 15.0 Å². The minimum absolute atomic E-state index is 0.00334. The van der Waals surface area contributed by atoms with E-state index in [1.165, 1.54) is 0 Å². The van der Waals surface area contributed by atoms with Crippen molar-refractivity contribution in [3.8, 4) is 11.3 Å². The third-order valence-electron chi connectivity index (χ3n) is 4.95. The Hall–Kier alpha value is -2.51. The molecule has 1 aliphatic rings. The van der Waals surface area contributed by atoms with Crippen LogP contribution < -0.4 is 5.32 Å². The quantitative estimate of drug-likeness (QED) is 0.651. The zero-order valence-electron chi connectivity index (χ0n) is 14.5. The van der Waals surface area contributed by atoms with Crippen LogP contribution in [0.1, 0.15) is 25.7 Å². The van der Waals surface area contributed by atoms with Crippen molar-refractivity contribution in [3.05, 3.63) is 36.8 Å². The lowest BCUT2D eigenvalue weighted by Crippen LogP contribution is -2.36. The van der Waals surface area contributed by atoms with Gasteiger partial charge >= 0.3 is 0 Å². The molecule has 2 atom stereocenters. The van der Waals surface area contributed by atoms with Gasteiger partial charge in [0.05, 0.1) is 24.4 Å². The standard InChI is InChI=1S/C19H23N5O2/c25-11-10-24-12-14(13-4-3-8-20-18(13)24)15-7-9-21-19(22-15)23-16-5-1-2-6-17(16)26/h3-4,7-9,12,16-17,25-26H,1-2,5-6,10-11H2,(H,21,22,23)/t16-,17-/m1/s1. The number of fused-ring (bicyclic) bond motifs is 1. The van der Waals surface area contributed by atoms with E-state index in [1.54, 1.807) is 12.4 Å². The Bertz CT molecular complexity index is 895. The molecule has 0 radical (unpaired) electrons. The van der Waals surface area contributed by atoms with E-state index in [9.17, 15) is 10.2 Å². The second kappa shape index (κ2) is 7.39. The van der Waals surface area contributed by atoms with E-state index in [-0.39, 0.29) is 18.8 Å². The van der Waals surface area contributed by atoms with E-state index >= 15 is 0 Å². The van der Waals surface area contributed by atoms with Gasteiger partial charge in [0, 0.05) is 36.1 Å². The fourth-order valence-corrected chi connectivity index (χ4v) is 3.63. The van der Waals surface area contributed by atoms with Crippen LogP contribution in [0.15, 0.2) is 36.8 Å². The van der Waals surface area contributed by atoms with Crippen molar-refractivity contribution in [2.75, 3.05) is 11.9 Å². The number of pyridine rings is 1. The van der Waals surface area contributed by atoms with Crippen LogP contribution in [-0.2, 0) is 6.54 Å². The molecule has 26 heavy (non-hydrogen) atoms. The monoisotopic (exact) mass is 353 g/mol. The van der Waals surface area contributed by atoms with Gasteiger partial charge in [-0.2, -0.15) is 0 Å². The Morgan fingerprint density at radius 2 is 2.04 bits per heavy atom. The SMILES string of the molecule is OCCn1cc(-c2ccnc(N[C@@H]3CCCC[C@H]3O)n2)c2cccnc21. The molecule has 3 aromatic heterocycles. The van der Waals surface area contributed by atoms with Gasteiger partial charge in [0.2, 0.25) is 5.95 Å². The summed E-state index contributed by atoms with van der Waals surface area (Å²) in [6.07, 6.45) is 9.00.